The van der Waals surface area contributed by atoms with Gasteiger partial charge in [0.05, 0.1) is 22.3 Å². The molecule has 0 saturated heterocycles. The average Bonchev–Trinajstić information content (AvgIpc) is 2.49. The molecule has 4 heteroatoms. The summed E-state index contributed by atoms with van der Waals surface area (Å²) in [7, 11) is 0. The van der Waals surface area contributed by atoms with Crippen LogP contribution in [-0.2, 0) is 0 Å². The number of fused-ring (bicyclic) bond motifs is 1. The Bertz CT molecular complexity index is 816. The van der Waals surface area contributed by atoms with Crippen LogP contribution in [0.5, 0.6) is 0 Å². The highest BCUT2D eigenvalue weighted by molar-refractivity contribution is 6.33. The first-order valence-corrected chi connectivity index (χ1v) is 6.45. The summed E-state index contributed by atoms with van der Waals surface area (Å²) in [6, 6.07) is 15.2. The molecule has 0 bridgehead atoms. The molecule has 3 rings (SSSR count). The van der Waals surface area contributed by atoms with Crippen molar-refractivity contribution in [3.05, 3.63) is 65.4 Å². The maximum absolute atomic E-state index is 8.85. The third-order valence-electron chi connectivity index (χ3n) is 3.05. The van der Waals surface area contributed by atoms with Crippen molar-refractivity contribution < 1.29 is 0 Å². The van der Waals surface area contributed by atoms with Gasteiger partial charge in [0.15, 0.2) is 0 Å². The predicted octanol–water partition coefficient (Wildman–Crippen LogP) is 4.50. The van der Waals surface area contributed by atoms with Gasteiger partial charge in [0.2, 0.25) is 0 Å². The lowest BCUT2D eigenvalue weighted by Gasteiger charge is -2.11. The van der Waals surface area contributed by atoms with E-state index < -0.39 is 0 Å². The number of hydrogen-bond acceptors (Lipinski definition) is 3. The Morgan fingerprint density at radius 2 is 2.00 bits per heavy atom. The van der Waals surface area contributed by atoms with E-state index in [0.717, 1.165) is 22.1 Å². The molecule has 3 aromatic rings. The SMILES string of the molecule is N#Cc1ccc(Nc2cccc3cnccc23)c(Cl)c1. The molecule has 20 heavy (non-hydrogen) atoms. The Kier molecular flexibility index (Phi) is 3.24. The third kappa shape index (κ3) is 2.29. The molecule has 0 amide bonds. The molecule has 0 aliphatic carbocycles. The molecule has 1 aromatic heterocycles. The van der Waals surface area contributed by atoms with E-state index in [2.05, 4.69) is 16.4 Å². The summed E-state index contributed by atoms with van der Waals surface area (Å²) in [6.45, 7) is 0. The molecule has 1 heterocycles. The highest BCUT2D eigenvalue weighted by atomic mass is 35.5. The second kappa shape index (κ2) is 5.20. The minimum atomic E-state index is 0.523. The molecule has 0 aliphatic rings. The van der Waals surface area contributed by atoms with Gasteiger partial charge in [-0.2, -0.15) is 5.26 Å². The van der Waals surface area contributed by atoms with Crippen molar-refractivity contribution in [2.75, 3.05) is 5.32 Å². The number of anilines is 2. The Balaban J connectivity index is 2.04. The van der Waals surface area contributed by atoms with Gasteiger partial charge in [-0.05, 0) is 30.3 Å². The average molecular weight is 280 g/mol. The van der Waals surface area contributed by atoms with E-state index in [4.69, 9.17) is 16.9 Å². The fraction of sp³-hybridized carbons (Fsp3) is 0. The monoisotopic (exact) mass is 279 g/mol. The van der Waals surface area contributed by atoms with E-state index in [1.54, 1.807) is 24.4 Å². The van der Waals surface area contributed by atoms with E-state index >= 15 is 0 Å². The van der Waals surface area contributed by atoms with Crippen LogP contribution in [0.25, 0.3) is 10.8 Å². The summed E-state index contributed by atoms with van der Waals surface area (Å²) in [5, 5.41) is 14.8. The van der Waals surface area contributed by atoms with Crippen molar-refractivity contribution in [2.24, 2.45) is 0 Å². The van der Waals surface area contributed by atoms with Crippen molar-refractivity contribution in [3.63, 3.8) is 0 Å². The molecular weight excluding hydrogens is 270 g/mol. The molecule has 0 atom stereocenters. The maximum atomic E-state index is 8.85. The number of pyridine rings is 1. The molecule has 0 spiro atoms. The standard InChI is InChI=1S/C16H10ClN3/c17-14-8-11(9-18)4-5-16(14)20-15-3-1-2-12-10-19-7-6-13(12)15/h1-8,10,20H. The van der Waals surface area contributed by atoms with E-state index in [0.29, 0.717) is 10.6 Å². The van der Waals surface area contributed by atoms with Crippen LogP contribution in [0.3, 0.4) is 0 Å². The number of aromatic nitrogens is 1. The largest absolute Gasteiger partial charge is 0.354 e. The van der Waals surface area contributed by atoms with Crippen LogP contribution < -0.4 is 5.32 Å². The second-order valence-corrected chi connectivity index (χ2v) is 4.74. The van der Waals surface area contributed by atoms with Gasteiger partial charge in [-0.25, -0.2) is 0 Å². The Morgan fingerprint density at radius 1 is 1.10 bits per heavy atom. The lowest BCUT2D eigenvalue weighted by molar-refractivity contribution is 1.36. The molecule has 1 N–H and O–H groups in total. The van der Waals surface area contributed by atoms with Gasteiger partial charge in [0.1, 0.15) is 0 Å². The zero-order chi connectivity index (χ0) is 13.9. The molecule has 0 radical (unpaired) electrons. The first kappa shape index (κ1) is 12.5. The van der Waals surface area contributed by atoms with E-state index in [1.807, 2.05) is 30.5 Å². The van der Waals surface area contributed by atoms with Crippen molar-refractivity contribution in [2.45, 2.75) is 0 Å². The summed E-state index contributed by atoms with van der Waals surface area (Å²) in [4.78, 5) is 4.11. The van der Waals surface area contributed by atoms with Crippen LogP contribution in [0.15, 0.2) is 54.9 Å². The number of nitrogens with one attached hydrogen (secondary N) is 1. The van der Waals surface area contributed by atoms with Gasteiger partial charge in [-0.3, -0.25) is 4.98 Å². The Hall–Kier alpha value is -2.57. The molecular formula is C16H10ClN3. The van der Waals surface area contributed by atoms with Gasteiger partial charge in [-0.1, -0.05) is 23.7 Å². The number of benzene rings is 2. The molecule has 0 fully saturated rings. The van der Waals surface area contributed by atoms with Gasteiger partial charge >= 0.3 is 0 Å². The molecule has 96 valence electrons. The number of nitriles is 1. The highest BCUT2D eigenvalue weighted by Gasteiger charge is 2.05. The summed E-state index contributed by atoms with van der Waals surface area (Å²) in [5.41, 5.74) is 2.27. The third-order valence-corrected chi connectivity index (χ3v) is 3.36. The van der Waals surface area contributed by atoms with Crippen LogP contribution >= 0.6 is 11.6 Å². The van der Waals surface area contributed by atoms with Crippen molar-refractivity contribution in [1.82, 2.24) is 4.98 Å². The number of nitrogens with zero attached hydrogens (tertiary/aromatic N) is 2. The van der Waals surface area contributed by atoms with Gasteiger partial charge in [0.25, 0.3) is 0 Å². The zero-order valence-corrected chi connectivity index (χ0v) is 11.2. The van der Waals surface area contributed by atoms with Gasteiger partial charge in [0, 0.05) is 28.9 Å². The Labute approximate surface area is 121 Å². The summed E-state index contributed by atoms with van der Waals surface area (Å²) >= 11 is 6.18. The molecule has 0 unspecified atom stereocenters. The molecule has 3 nitrogen and oxygen atoms in total. The second-order valence-electron chi connectivity index (χ2n) is 4.33. The van der Waals surface area contributed by atoms with Crippen LogP contribution in [0, 0.1) is 11.3 Å². The van der Waals surface area contributed by atoms with Gasteiger partial charge in [-0.15, -0.1) is 0 Å². The van der Waals surface area contributed by atoms with E-state index in [9.17, 15) is 0 Å². The van der Waals surface area contributed by atoms with Crippen LogP contribution in [0.4, 0.5) is 11.4 Å². The summed E-state index contributed by atoms with van der Waals surface area (Å²) in [5.74, 6) is 0. The van der Waals surface area contributed by atoms with Crippen molar-refractivity contribution in [3.8, 4) is 6.07 Å². The lowest BCUT2D eigenvalue weighted by Crippen LogP contribution is -1.93. The molecule has 0 aliphatic heterocycles. The van der Waals surface area contributed by atoms with Crippen LogP contribution in [0.2, 0.25) is 5.02 Å². The number of halogens is 1. The Morgan fingerprint density at radius 3 is 2.80 bits per heavy atom. The van der Waals surface area contributed by atoms with Crippen LogP contribution in [-0.4, -0.2) is 4.98 Å². The first-order valence-electron chi connectivity index (χ1n) is 6.07. The zero-order valence-electron chi connectivity index (χ0n) is 10.5. The number of hydrogen-bond donors (Lipinski definition) is 1. The number of rotatable bonds is 2. The topological polar surface area (TPSA) is 48.7 Å². The van der Waals surface area contributed by atoms with Crippen LogP contribution in [0.1, 0.15) is 5.56 Å². The van der Waals surface area contributed by atoms with E-state index in [1.165, 1.54) is 0 Å². The quantitative estimate of drug-likeness (QED) is 0.751. The molecule has 2 aromatic carbocycles. The lowest BCUT2D eigenvalue weighted by atomic mass is 10.1. The molecule has 0 saturated carbocycles. The predicted molar refractivity (Wildman–Crippen MR) is 81.2 cm³/mol. The van der Waals surface area contributed by atoms with E-state index in [-0.39, 0.29) is 0 Å². The summed E-state index contributed by atoms with van der Waals surface area (Å²) < 4.78 is 0. The maximum Gasteiger partial charge on any atom is 0.0992 e. The minimum absolute atomic E-state index is 0.523. The fourth-order valence-corrected chi connectivity index (χ4v) is 2.29. The van der Waals surface area contributed by atoms with Gasteiger partial charge < -0.3 is 5.32 Å². The fourth-order valence-electron chi connectivity index (χ4n) is 2.06. The highest BCUT2D eigenvalue weighted by Crippen LogP contribution is 2.30. The first-order chi connectivity index (χ1) is 9.78. The smallest absolute Gasteiger partial charge is 0.0992 e. The normalized spacial score (nSPS) is 10.2. The summed E-state index contributed by atoms with van der Waals surface area (Å²) in [6.07, 6.45) is 3.58. The van der Waals surface area contributed by atoms with Crippen molar-refractivity contribution in [1.29, 1.82) is 5.26 Å². The van der Waals surface area contributed by atoms with Crippen molar-refractivity contribution >= 4 is 33.7 Å². The minimum Gasteiger partial charge on any atom is -0.354 e.